The second-order valence-corrected chi connectivity index (χ2v) is 15.9. The van der Waals surface area contributed by atoms with Crippen LogP contribution in [0.25, 0.3) is 101 Å². The van der Waals surface area contributed by atoms with Crippen LogP contribution in [0.3, 0.4) is 0 Å². The van der Waals surface area contributed by atoms with E-state index in [4.69, 9.17) is 15.0 Å². The number of rotatable bonds is 6. The van der Waals surface area contributed by atoms with Crippen molar-refractivity contribution in [2.45, 2.75) is 9.79 Å². The van der Waals surface area contributed by atoms with Gasteiger partial charge in [-0.25, -0.2) is 15.0 Å². The Labute approximate surface area is 344 Å². The molecule has 0 unspecified atom stereocenters. The average Bonchev–Trinajstić information content (AvgIpc) is 3.83. The van der Waals surface area contributed by atoms with E-state index in [1.54, 1.807) is 0 Å². The van der Waals surface area contributed by atoms with E-state index in [0.29, 0.717) is 17.5 Å². The van der Waals surface area contributed by atoms with E-state index in [-0.39, 0.29) is 0 Å². The molecule has 3 aromatic heterocycles. The molecule has 6 heteroatoms. The van der Waals surface area contributed by atoms with Gasteiger partial charge in [0, 0.05) is 48.3 Å². The lowest BCUT2D eigenvalue weighted by Crippen LogP contribution is -2.05. The Morgan fingerprint density at radius 3 is 1.58 bits per heavy atom. The highest BCUT2D eigenvalue weighted by Crippen LogP contribution is 2.49. The number of hydrogen-bond acceptors (Lipinski definition) is 4. The second-order valence-electron chi connectivity index (χ2n) is 14.9. The Morgan fingerprint density at radius 1 is 0.356 bits per heavy atom. The normalized spacial score (nSPS) is 12.0. The van der Waals surface area contributed by atoms with Crippen LogP contribution in [0.5, 0.6) is 0 Å². The van der Waals surface area contributed by atoms with E-state index in [9.17, 15) is 0 Å². The largest absolute Gasteiger partial charge is 0.295 e. The maximum Gasteiger partial charge on any atom is 0.164 e. The first-order valence-electron chi connectivity index (χ1n) is 19.8. The van der Waals surface area contributed by atoms with Crippen molar-refractivity contribution in [3.63, 3.8) is 0 Å². The van der Waals surface area contributed by atoms with E-state index >= 15 is 0 Å². The number of nitrogens with zero attached hydrogens (tertiary/aromatic N) is 5. The summed E-state index contributed by atoms with van der Waals surface area (Å²) in [5.74, 6) is 1.87. The van der Waals surface area contributed by atoms with Gasteiger partial charge in [0.1, 0.15) is 5.65 Å². The van der Waals surface area contributed by atoms with Gasteiger partial charge in [-0.05, 0) is 89.0 Å². The Hall–Kier alpha value is -7.54. The van der Waals surface area contributed by atoms with Crippen molar-refractivity contribution in [3.05, 3.63) is 200 Å². The van der Waals surface area contributed by atoms with Gasteiger partial charge >= 0.3 is 0 Å². The first kappa shape index (κ1) is 33.6. The first-order valence-corrected chi connectivity index (χ1v) is 20.6. The SMILES string of the molecule is c1ccc(-c2cc(-c3ccccc3)cc(-c3nc(-c4ccccc4)nc(-c4ccc5c(c4)c4c6cccc7c6n(c4n5-c4ccccc4)-c4ccccc4S7)n3)c2)cc1. The van der Waals surface area contributed by atoms with Crippen LogP contribution in [0.1, 0.15) is 0 Å². The predicted octanol–water partition coefficient (Wildman–Crippen LogP) is 13.7. The number of para-hydroxylation sites is 3. The minimum atomic E-state index is 0.622. The number of hydrogen-bond donors (Lipinski definition) is 0. The lowest BCUT2D eigenvalue weighted by Gasteiger charge is -2.21. The smallest absolute Gasteiger partial charge is 0.164 e. The van der Waals surface area contributed by atoms with Crippen molar-refractivity contribution in [1.29, 1.82) is 0 Å². The number of aromatic nitrogens is 5. The summed E-state index contributed by atoms with van der Waals surface area (Å²) in [5.41, 5.74) is 13.1. The maximum absolute atomic E-state index is 5.32. The minimum absolute atomic E-state index is 0.622. The van der Waals surface area contributed by atoms with E-state index < -0.39 is 0 Å². The van der Waals surface area contributed by atoms with Gasteiger partial charge in [-0.15, -0.1) is 0 Å². The molecule has 4 heterocycles. The molecule has 276 valence electrons. The highest BCUT2D eigenvalue weighted by Gasteiger charge is 2.28. The standard InChI is InChI=1S/C53H33N5S/c1-5-16-34(17-6-1)38-30-39(35-18-7-2-8-19-35)32-40(31-38)52-55-50(36-20-9-3-10-21-36)54-51(56-52)37-28-29-44-43(33-37)48-42-24-15-27-47-49(42)58(45-25-13-14-26-46(45)59-47)53(48)57(44)41-22-11-4-12-23-41/h1-33H. The van der Waals surface area contributed by atoms with Gasteiger partial charge in [0.15, 0.2) is 17.5 Å². The van der Waals surface area contributed by atoms with Gasteiger partial charge in [-0.1, -0.05) is 145 Å². The van der Waals surface area contributed by atoms with E-state index in [2.05, 4.69) is 191 Å². The highest BCUT2D eigenvalue weighted by atomic mass is 32.2. The summed E-state index contributed by atoms with van der Waals surface area (Å²) >= 11 is 1.84. The monoisotopic (exact) mass is 771 g/mol. The maximum atomic E-state index is 5.32. The van der Waals surface area contributed by atoms with Crippen molar-refractivity contribution in [2.24, 2.45) is 0 Å². The Balaban J connectivity index is 1.13. The van der Waals surface area contributed by atoms with Gasteiger partial charge in [0.25, 0.3) is 0 Å². The molecule has 1 aliphatic rings. The molecule has 0 saturated heterocycles. The molecule has 5 nitrogen and oxygen atoms in total. The topological polar surface area (TPSA) is 48.5 Å². The van der Waals surface area contributed by atoms with Crippen LogP contribution >= 0.6 is 11.8 Å². The summed E-state index contributed by atoms with van der Waals surface area (Å²) < 4.78 is 4.89. The van der Waals surface area contributed by atoms with Crippen LogP contribution in [-0.2, 0) is 0 Å². The molecule has 0 aliphatic carbocycles. The first-order chi connectivity index (χ1) is 29.2. The zero-order chi connectivity index (χ0) is 38.9. The lowest BCUT2D eigenvalue weighted by molar-refractivity contribution is 1.03. The molecule has 0 amide bonds. The summed E-state index contributed by atoms with van der Waals surface area (Å²) in [5, 5.41) is 3.58. The Morgan fingerprint density at radius 2 is 0.898 bits per heavy atom. The van der Waals surface area contributed by atoms with Gasteiger partial charge in [0.2, 0.25) is 0 Å². The summed E-state index contributed by atoms with van der Waals surface area (Å²) in [6.07, 6.45) is 0. The fourth-order valence-electron chi connectivity index (χ4n) is 8.66. The second kappa shape index (κ2) is 13.5. The summed E-state index contributed by atoms with van der Waals surface area (Å²) in [7, 11) is 0. The molecule has 59 heavy (non-hydrogen) atoms. The van der Waals surface area contributed by atoms with Crippen LogP contribution in [0.2, 0.25) is 0 Å². The third kappa shape index (κ3) is 5.52. The minimum Gasteiger partial charge on any atom is -0.295 e. The lowest BCUT2D eigenvalue weighted by atomic mass is 9.96. The summed E-state index contributed by atoms with van der Waals surface area (Å²) in [4.78, 5) is 18.2. The van der Waals surface area contributed by atoms with Crippen molar-refractivity contribution < 1.29 is 0 Å². The quantitative estimate of drug-likeness (QED) is 0.169. The van der Waals surface area contributed by atoms with Crippen LogP contribution in [0, 0.1) is 0 Å². The molecule has 0 radical (unpaired) electrons. The van der Waals surface area contributed by atoms with Gasteiger partial charge in [0.05, 0.1) is 16.7 Å². The van der Waals surface area contributed by atoms with Crippen molar-refractivity contribution in [2.75, 3.05) is 0 Å². The van der Waals surface area contributed by atoms with Crippen LogP contribution < -0.4 is 0 Å². The van der Waals surface area contributed by atoms with Crippen molar-refractivity contribution in [1.82, 2.24) is 24.1 Å². The zero-order valence-electron chi connectivity index (χ0n) is 31.7. The van der Waals surface area contributed by atoms with E-state index in [1.165, 1.54) is 31.8 Å². The van der Waals surface area contributed by atoms with Crippen LogP contribution in [0.15, 0.2) is 210 Å². The Bertz CT molecular complexity index is 3330. The fourth-order valence-corrected chi connectivity index (χ4v) is 9.75. The molecule has 11 aromatic rings. The molecule has 0 fully saturated rings. The van der Waals surface area contributed by atoms with Gasteiger partial charge in [-0.3, -0.25) is 9.13 Å². The molecule has 1 aliphatic heterocycles. The molecule has 0 saturated carbocycles. The molecule has 0 spiro atoms. The third-order valence-electron chi connectivity index (χ3n) is 11.3. The van der Waals surface area contributed by atoms with Gasteiger partial charge in [-0.2, -0.15) is 0 Å². The van der Waals surface area contributed by atoms with Crippen molar-refractivity contribution >= 4 is 44.6 Å². The predicted molar refractivity (Wildman–Crippen MR) is 242 cm³/mol. The fraction of sp³-hybridized carbons (Fsp3) is 0. The van der Waals surface area contributed by atoms with Crippen molar-refractivity contribution in [3.8, 4) is 67.8 Å². The summed E-state index contributed by atoms with van der Waals surface area (Å²) in [6.45, 7) is 0. The van der Waals surface area contributed by atoms with E-state index in [1.807, 2.05) is 30.0 Å². The van der Waals surface area contributed by atoms with Gasteiger partial charge < -0.3 is 0 Å². The molecule has 0 N–H and O–H groups in total. The summed E-state index contributed by atoms with van der Waals surface area (Å²) in [6, 6.07) is 70.7. The molecule has 0 bridgehead atoms. The molecule has 12 rings (SSSR count). The van der Waals surface area contributed by atoms with Crippen LogP contribution in [-0.4, -0.2) is 24.1 Å². The highest BCUT2D eigenvalue weighted by molar-refractivity contribution is 7.99. The molecular formula is C53H33N5S. The van der Waals surface area contributed by atoms with E-state index in [0.717, 1.165) is 61.2 Å². The molecule has 8 aromatic carbocycles. The zero-order valence-corrected chi connectivity index (χ0v) is 32.5. The average molecular weight is 772 g/mol. The molecule has 0 atom stereocenters. The Kier molecular flexibility index (Phi) is 7.71. The molecular weight excluding hydrogens is 739 g/mol. The van der Waals surface area contributed by atoms with Crippen LogP contribution in [0.4, 0.5) is 0 Å². The third-order valence-corrected chi connectivity index (χ3v) is 12.4. The number of fused-ring (bicyclic) bond motifs is 7. The number of benzene rings is 8.